The molecule has 8 heteroatoms. The van der Waals surface area contributed by atoms with Crippen molar-refractivity contribution in [1.82, 2.24) is 5.32 Å². The average molecular weight is 480 g/mol. The molecule has 1 heterocycles. The minimum atomic E-state index is -0.796. The molecule has 0 bridgehead atoms. The number of rotatable bonds is 2. The third-order valence-corrected chi connectivity index (χ3v) is 4.92. The van der Waals surface area contributed by atoms with Crippen molar-refractivity contribution in [3.8, 4) is 5.75 Å². The highest BCUT2D eigenvalue weighted by atomic mass is 79.9. The standard InChI is InChI=1S/C18H12Br2N2O4/c1-9-3-2-4-11(5-9)22-17(25)12(16(24)21-18(22)26)6-10-7-13(19)15(23)14(20)8-10/h2-8,23H,1H3,(H,21,24,26)/b12-6+. The number of phenolic OH excluding ortho intramolecular Hbond substituents is 1. The molecule has 2 aromatic rings. The van der Waals surface area contributed by atoms with Gasteiger partial charge in [0.1, 0.15) is 11.3 Å². The molecule has 1 saturated heterocycles. The van der Waals surface area contributed by atoms with Gasteiger partial charge in [-0.15, -0.1) is 0 Å². The Morgan fingerprint density at radius 3 is 2.35 bits per heavy atom. The molecule has 1 aliphatic rings. The molecule has 6 nitrogen and oxygen atoms in total. The number of barbiturate groups is 1. The monoisotopic (exact) mass is 478 g/mol. The van der Waals surface area contributed by atoms with Crippen molar-refractivity contribution in [2.45, 2.75) is 6.92 Å². The van der Waals surface area contributed by atoms with Crippen LogP contribution in [0.5, 0.6) is 5.75 Å². The van der Waals surface area contributed by atoms with Crippen LogP contribution in [-0.4, -0.2) is 23.0 Å². The van der Waals surface area contributed by atoms with E-state index in [-0.39, 0.29) is 11.3 Å². The number of anilines is 1. The zero-order valence-corrected chi connectivity index (χ0v) is 16.6. The number of urea groups is 1. The lowest BCUT2D eigenvalue weighted by Crippen LogP contribution is -2.54. The third-order valence-electron chi connectivity index (χ3n) is 3.71. The highest BCUT2D eigenvalue weighted by molar-refractivity contribution is 9.11. The van der Waals surface area contributed by atoms with E-state index in [4.69, 9.17) is 0 Å². The van der Waals surface area contributed by atoms with Crippen LogP contribution in [0.3, 0.4) is 0 Å². The first kappa shape index (κ1) is 18.3. The van der Waals surface area contributed by atoms with Gasteiger partial charge in [0.05, 0.1) is 14.6 Å². The van der Waals surface area contributed by atoms with Gasteiger partial charge >= 0.3 is 6.03 Å². The number of phenols is 1. The second-order valence-electron chi connectivity index (χ2n) is 5.63. The molecule has 2 N–H and O–H groups in total. The van der Waals surface area contributed by atoms with Gasteiger partial charge in [-0.1, -0.05) is 12.1 Å². The summed E-state index contributed by atoms with van der Waals surface area (Å²) in [7, 11) is 0. The number of nitrogens with one attached hydrogen (secondary N) is 1. The lowest BCUT2D eigenvalue weighted by atomic mass is 10.1. The number of benzene rings is 2. The topological polar surface area (TPSA) is 86.7 Å². The molecule has 0 aliphatic carbocycles. The summed E-state index contributed by atoms with van der Waals surface area (Å²) in [5.41, 5.74) is 1.56. The van der Waals surface area contributed by atoms with E-state index in [1.165, 1.54) is 6.08 Å². The predicted octanol–water partition coefficient (Wildman–Crippen LogP) is 3.89. The van der Waals surface area contributed by atoms with Crippen molar-refractivity contribution in [3.63, 3.8) is 0 Å². The molecule has 0 radical (unpaired) electrons. The summed E-state index contributed by atoms with van der Waals surface area (Å²) in [5.74, 6) is -1.49. The quantitative estimate of drug-likeness (QED) is 0.505. The molecule has 3 rings (SSSR count). The molecule has 26 heavy (non-hydrogen) atoms. The molecule has 0 unspecified atom stereocenters. The summed E-state index contributed by atoms with van der Waals surface area (Å²) in [6.45, 7) is 1.84. The van der Waals surface area contributed by atoms with Crippen LogP contribution in [0.15, 0.2) is 50.9 Å². The highest BCUT2D eigenvalue weighted by Crippen LogP contribution is 2.34. The van der Waals surface area contributed by atoms with Gasteiger partial charge in [0, 0.05) is 0 Å². The van der Waals surface area contributed by atoms with Crippen LogP contribution in [0.1, 0.15) is 11.1 Å². The van der Waals surface area contributed by atoms with Gasteiger partial charge in [0.25, 0.3) is 11.8 Å². The lowest BCUT2D eigenvalue weighted by molar-refractivity contribution is -0.122. The van der Waals surface area contributed by atoms with E-state index in [1.54, 1.807) is 30.3 Å². The van der Waals surface area contributed by atoms with E-state index in [0.29, 0.717) is 20.2 Å². The molecular formula is C18H12Br2N2O4. The molecule has 1 fully saturated rings. The van der Waals surface area contributed by atoms with E-state index in [9.17, 15) is 19.5 Å². The molecule has 0 aromatic heterocycles. The van der Waals surface area contributed by atoms with E-state index in [0.717, 1.165) is 10.5 Å². The first-order chi connectivity index (χ1) is 12.3. The van der Waals surface area contributed by atoms with E-state index >= 15 is 0 Å². The van der Waals surface area contributed by atoms with Gasteiger partial charge < -0.3 is 5.11 Å². The Hall–Kier alpha value is -2.45. The van der Waals surface area contributed by atoms with Crippen molar-refractivity contribution >= 4 is 61.5 Å². The number of hydrogen-bond donors (Lipinski definition) is 2. The number of carbonyl (C=O) groups excluding carboxylic acids is 3. The number of imide groups is 2. The van der Waals surface area contributed by atoms with E-state index < -0.39 is 17.8 Å². The summed E-state index contributed by atoms with van der Waals surface area (Å²) >= 11 is 6.40. The number of halogens is 2. The third kappa shape index (κ3) is 3.42. The SMILES string of the molecule is Cc1cccc(N2C(=O)NC(=O)/C(=C\c3cc(Br)c(O)c(Br)c3)C2=O)c1. The summed E-state index contributed by atoms with van der Waals surface area (Å²) in [4.78, 5) is 38.1. The van der Waals surface area contributed by atoms with E-state index in [2.05, 4.69) is 37.2 Å². The number of aryl methyl sites for hydroxylation is 1. The zero-order chi connectivity index (χ0) is 19.0. The Balaban J connectivity index is 2.06. The normalized spacial score (nSPS) is 16.2. The molecular weight excluding hydrogens is 468 g/mol. The van der Waals surface area contributed by atoms with Crippen LogP contribution >= 0.6 is 31.9 Å². The molecule has 2 aromatic carbocycles. The Labute approximate surface area is 165 Å². The van der Waals surface area contributed by atoms with Crippen molar-refractivity contribution in [2.24, 2.45) is 0 Å². The minimum Gasteiger partial charge on any atom is -0.506 e. The Kier molecular flexibility index (Phi) is 4.97. The van der Waals surface area contributed by atoms with Gasteiger partial charge in [-0.2, -0.15) is 0 Å². The summed E-state index contributed by atoms with van der Waals surface area (Å²) in [6, 6.07) is 9.17. The average Bonchev–Trinajstić information content (AvgIpc) is 2.56. The van der Waals surface area contributed by atoms with Gasteiger partial charge in [0.2, 0.25) is 0 Å². The Morgan fingerprint density at radius 1 is 1.08 bits per heavy atom. The first-order valence-corrected chi connectivity index (χ1v) is 9.02. The summed E-state index contributed by atoms with van der Waals surface area (Å²) in [6.07, 6.45) is 1.36. The van der Waals surface area contributed by atoms with E-state index in [1.807, 2.05) is 13.0 Å². The fourth-order valence-corrected chi connectivity index (χ4v) is 3.72. The van der Waals surface area contributed by atoms with Gasteiger partial charge in [-0.25, -0.2) is 9.69 Å². The molecule has 1 aliphatic heterocycles. The summed E-state index contributed by atoms with van der Waals surface area (Å²) < 4.78 is 0.794. The molecule has 132 valence electrons. The van der Waals surface area contributed by atoms with Crippen LogP contribution < -0.4 is 10.2 Å². The maximum atomic E-state index is 12.8. The van der Waals surface area contributed by atoms with Crippen molar-refractivity contribution < 1.29 is 19.5 Å². The molecule has 0 spiro atoms. The fraction of sp³-hybridized carbons (Fsp3) is 0.0556. The summed E-state index contributed by atoms with van der Waals surface area (Å²) in [5, 5.41) is 12.0. The number of nitrogens with zero attached hydrogens (tertiary/aromatic N) is 1. The van der Waals surface area contributed by atoms with Crippen molar-refractivity contribution in [3.05, 3.63) is 62.0 Å². The maximum Gasteiger partial charge on any atom is 0.335 e. The smallest absolute Gasteiger partial charge is 0.335 e. The Morgan fingerprint density at radius 2 is 1.73 bits per heavy atom. The maximum absolute atomic E-state index is 12.8. The second-order valence-corrected chi connectivity index (χ2v) is 7.34. The molecule has 0 saturated carbocycles. The fourth-order valence-electron chi connectivity index (χ4n) is 2.49. The van der Waals surface area contributed by atoms with Gasteiger partial charge in [-0.3, -0.25) is 14.9 Å². The van der Waals surface area contributed by atoms with Crippen molar-refractivity contribution in [2.75, 3.05) is 4.90 Å². The lowest BCUT2D eigenvalue weighted by Gasteiger charge is -2.26. The highest BCUT2D eigenvalue weighted by Gasteiger charge is 2.36. The molecule has 4 amide bonds. The second kappa shape index (κ2) is 7.05. The van der Waals surface area contributed by atoms with Gasteiger partial charge in [-0.05, 0) is 80.3 Å². The zero-order valence-electron chi connectivity index (χ0n) is 13.4. The first-order valence-electron chi connectivity index (χ1n) is 7.44. The largest absolute Gasteiger partial charge is 0.506 e. The van der Waals surface area contributed by atoms with Crippen molar-refractivity contribution in [1.29, 1.82) is 0 Å². The van der Waals surface area contributed by atoms with Crippen LogP contribution in [0.2, 0.25) is 0 Å². The van der Waals surface area contributed by atoms with Gasteiger partial charge in [0.15, 0.2) is 0 Å². The van der Waals surface area contributed by atoms with Crippen LogP contribution in [0, 0.1) is 6.92 Å². The number of carbonyl (C=O) groups is 3. The number of hydrogen-bond acceptors (Lipinski definition) is 4. The Bertz CT molecular complexity index is 962. The van der Waals surface area contributed by atoms with Crippen LogP contribution in [0.25, 0.3) is 6.08 Å². The minimum absolute atomic E-state index is 0.00290. The number of aromatic hydroxyl groups is 1. The predicted molar refractivity (Wildman–Crippen MR) is 104 cm³/mol. The van der Waals surface area contributed by atoms with Crippen LogP contribution in [0.4, 0.5) is 10.5 Å². The molecule has 0 atom stereocenters. The number of amides is 4. The van der Waals surface area contributed by atoms with Crippen LogP contribution in [-0.2, 0) is 9.59 Å².